The second-order valence-corrected chi connectivity index (χ2v) is 10.2. The lowest BCUT2D eigenvalue weighted by Crippen LogP contribution is -2.56. The molecule has 7 heteroatoms. The molecule has 1 heterocycles. The lowest BCUT2D eigenvalue weighted by molar-refractivity contribution is -0.178. The minimum absolute atomic E-state index is 0.200. The van der Waals surface area contributed by atoms with E-state index < -0.39 is 23.6 Å². The van der Waals surface area contributed by atoms with Gasteiger partial charge in [-0.2, -0.15) is 0 Å². The molecule has 2 N–H and O–H groups in total. The summed E-state index contributed by atoms with van der Waals surface area (Å²) >= 11 is 0. The Kier molecular flexibility index (Phi) is 5.53. The number of aromatic amines is 1. The number of ketones is 1. The van der Waals surface area contributed by atoms with Crippen LogP contribution >= 0.6 is 0 Å². The second kappa shape index (κ2) is 7.76. The van der Waals surface area contributed by atoms with Crippen LogP contribution in [0.25, 0.3) is 0 Å². The molecule has 5 atom stereocenters. The maximum atomic E-state index is 13.0. The maximum Gasteiger partial charge on any atom is 0.340 e. The topological polar surface area (TPSA) is 106 Å². The number of hydrogen-bond donors (Lipinski definition) is 2. The van der Waals surface area contributed by atoms with Crippen LogP contribution in [0, 0.1) is 31.1 Å². The molecule has 0 amide bonds. The fourth-order valence-electron chi connectivity index (χ4n) is 6.92. The van der Waals surface area contributed by atoms with Crippen LogP contribution in [0.2, 0.25) is 0 Å². The summed E-state index contributed by atoms with van der Waals surface area (Å²) in [5.41, 5.74) is 0.852. The molecule has 5 rings (SSSR count). The van der Waals surface area contributed by atoms with Gasteiger partial charge in [-0.1, -0.05) is 0 Å². The molecule has 170 valence electrons. The van der Waals surface area contributed by atoms with E-state index in [1.165, 1.54) is 0 Å². The number of aryl methyl sites for hydroxylation is 1. The van der Waals surface area contributed by atoms with Gasteiger partial charge in [0, 0.05) is 5.69 Å². The van der Waals surface area contributed by atoms with Crippen LogP contribution in [0.5, 0.6) is 0 Å². The van der Waals surface area contributed by atoms with E-state index in [2.05, 4.69) is 4.98 Å². The fourth-order valence-corrected chi connectivity index (χ4v) is 6.92. The van der Waals surface area contributed by atoms with E-state index in [0.29, 0.717) is 35.1 Å². The van der Waals surface area contributed by atoms with Crippen molar-refractivity contribution >= 4 is 17.7 Å². The van der Waals surface area contributed by atoms with Gasteiger partial charge in [0.1, 0.15) is 0 Å². The van der Waals surface area contributed by atoms with Crippen molar-refractivity contribution in [2.75, 3.05) is 6.61 Å². The molecule has 0 saturated heterocycles. The number of esters is 2. The first-order valence-corrected chi connectivity index (χ1v) is 11.4. The van der Waals surface area contributed by atoms with Crippen molar-refractivity contribution in [3.63, 3.8) is 0 Å². The number of H-pyrrole nitrogens is 1. The Balaban J connectivity index is 1.42. The van der Waals surface area contributed by atoms with Crippen LogP contribution < -0.4 is 0 Å². The average molecular weight is 432 g/mol. The van der Waals surface area contributed by atoms with Gasteiger partial charge in [-0.3, -0.25) is 9.59 Å². The summed E-state index contributed by atoms with van der Waals surface area (Å²) < 4.78 is 10.6. The van der Waals surface area contributed by atoms with Gasteiger partial charge in [0.2, 0.25) is 5.78 Å². The number of rotatable bonds is 7. The Bertz CT molecular complexity index is 901. The highest BCUT2D eigenvalue weighted by molar-refractivity contribution is 6.04. The molecular formula is C24H33NO6. The summed E-state index contributed by atoms with van der Waals surface area (Å²) in [7, 11) is 0. The molecule has 4 aliphatic carbocycles. The molecule has 1 aromatic heterocycles. The molecule has 31 heavy (non-hydrogen) atoms. The third kappa shape index (κ3) is 4.04. The smallest absolute Gasteiger partial charge is 0.340 e. The van der Waals surface area contributed by atoms with Crippen LogP contribution in [0.4, 0.5) is 0 Å². The van der Waals surface area contributed by atoms with Crippen LogP contribution in [0.1, 0.15) is 90.9 Å². The van der Waals surface area contributed by atoms with E-state index >= 15 is 0 Å². The highest BCUT2D eigenvalue weighted by atomic mass is 16.5. The maximum absolute atomic E-state index is 13.0. The van der Waals surface area contributed by atoms with Crippen LogP contribution in [0.3, 0.4) is 0 Å². The molecule has 4 saturated carbocycles. The second-order valence-electron chi connectivity index (χ2n) is 10.2. The number of Topliss-reactive ketones (excluding diaryl/α,β-unsaturated/α-hetero) is 1. The first-order chi connectivity index (χ1) is 14.5. The Labute approximate surface area is 182 Å². The quantitative estimate of drug-likeness (QED) is 0.504. The monoisotopic (exact) mass is 431 g/mol. The third-order valence-corrected chi connectivity index (χ3v) is 7.51. The standard InChI is InChI=1S/C24H33NO6/c1-5-30-22(28)19-13(2)20(25-14(19)3)21(27)15(4)31-18(26)11-23-7-16-6-17(8-23)10-24(29,9-16)12-23/h15-17,25,29H,5-12H2,1-4H3/t15-,16-,17+,23?,24?/m1/s1. The summed E-state index contributed by atoms with van der Waals surface area (Å²) in [6.45, 7) is 6.94. The van der Waals surface area contributed by atoms with Gasteiger partial charge in [0.05, 0.1) is 29.9 Å². The zero-order chi connectivity index (χ0) is 22.6. The fraction of sp³-hybridized carbons (Fsp3) is 0.708. The van der Waals surface area contributed by atoms with Gasteiger partial charge in [-0.25, -0.2) is 4.79 Å². The van der Waals surface area contributed by atoms with Crippen LogP contribution in [0.15, 0.2) is 0 Å². The van der Waals surface area contributed by atoms with E-state index in [0.717, 1.165) is 32.1 Å². The largest absolute Gasteiger partial charge is 0.462 e. The van der Waals surface area contributed by atoms with E-state index in [-0.39, 0.29) is 29.9 Å². The predicted molar refractivity (Wildman–Crippen MR) is 113 cm³/mol. The normalized spacial score (nSPS) is 32.0. The SMILES string of the molecule is CCOC(=O)c1c(C)[nH]c(C(=O)[C@@H](C)OC(=O)CC23C[C@@H]4C[C@@H](CC(O)(C4)C2)C3)c1C. The number of aliphatic hydroxyl groups is 1. The Morgan fingerprint density at radius 2 is 1.81 bits per heavy atom. The van der Waals surface area contributed by atoms with E-state index in [4.69, 9.17) is 9.47 Å². The van der Waals surface area contributed by atoms with Crippen molar-refractivity contribution < 1.29 is 29.0 Å². The lowest BCUT2D eigenvalue weighted by atomic mass is 9.47. The van der Waals surface area contributed by atoms with E-state index in [1.807, 2.05) is 0 Å². The number of nitrogens with one attached hydrogen (secondary N) is 1. The lowest BCUT2D eigenvalue weighted by Gasteiger charge is -2.60. The highest BCUT2D eigenvalue weighted by Gasteiger charge is 2.57. The first kappa shape index (κ1) is 22.1. The summed E-state index contributed by atoms with van der Waals surface area (Å²) in [6, 6.07) is 0. The summed E-state index contributed by atoms with van der Waals surface area (Å²) in [5, 5.41) is 10.9. The summed E-state index contributed by atoms with van der Waals surface area (Å²) in [5.74, 6) is -0.253. The van der Waals surface area contributed by atoms with Gasteiger partial charge >= 0.3 is 11.9 Å². The highest BCUT2D eigenvalue weighted by Crippen LogP contribution is 2.62. The van der Waals surface area contributed by atoms with Crippen molar-refractivity contribution in [1.29, 1.82) is 0 Å². The number of carbonyl (C=O) groups excluding carboxylic acids is 3. The molecule has 1 aromatic rings. The minimum Gasteiger partial charge on any atom is -0.462 e. The van der Waals surface area contributed by atoms with Crippen LogP contribution in [-0.4, -0.2) is 46.1 Å². The van der Waals surface area contributed by atoms with Gasteiger partial charge in [-0.05, 0) is 89.0 Å². The molecule has 0 aromatic carbocycles. The van der Waals surface area contributed by atoms with Gasteiger partial charge < -0.3 is 19.6 Å². The van der Waals surface area contributed by atoms with Gasteiger partial charge in [0.15, 0.2) is 6.10 Å². The zero-order valence-electron chi connectivity index (χ0n) is 18.9. The molecule has 2 unspecified atom stereocenters. The Morgan fingerprint density at radius 3 is 2.39 bits per heavy atom. The minimum atomic E-state index is -0.962. The van der Waals surface area contributed by atoms with Gasteiger partial charge in [-0.15, -0.1) is 0 Å². The Morgan fingerprint density at radius 1 is 1.16 bits per heavy atom. The molecule has 4 aliphatic rings. The predicted octanol–water partition coefficient (Wildman–Crippen LogP) is 3.64. The van der Waals surface area contributed by atoms with E-state index in [9.17, 15) is 19.5 Å². The van der Waals surface area contributed by atoms with Gasteiger partial charge in [0.25, 0.3) is 0 Å². The zero-order valence-corrected chi connectivity index (χ0v) is 18.9. The van der Waals surface area contributed by atoms with Crippen molar-refractivity contribution in [2.24, 2.45) is 17.3 Å². The first-order valence-electron chi connectivity index (χ1n) is 11.4. The number of aromatic nitrogens is 1. The number of hydrogen-bond acceptors (Lipinski definition) is 6. The molecule has 0 radical (unpaired) electrons. The Hall–Kier alpha value is -2.15. The average Bonchev–Trinajstić information content (AvgIpc) is 2.92. The van der Waals surface area contributed by atoms with Crippen molar-refractivity contribution in [3.8, 4) is 0 Å². The molecule has 4 bridgehead atoms. The third-order valence-electron chi connectivity index (χ3n) is 7.51. The molecule has 0 aliphatic heterocycles. The molecule has 7 nitrogen and oxygen atoms in total. The number of carbonyl (C=O) groups is 3. The van der Waals surface area contributed by atoms with Crippen molar-refractivity contribution in [3.05, 3.63) is 22.5 Å². The summed E-state index contributed by atoms with van der Waals surface area (Å²) in [6.07, 6.45) is 4.72. The molecule has 0 spiro atoms. The van der Waals surface area contributed by atoms with Crippen LogP contribution in [-0.2, 0) is 14.3 Å². The summed E-state index contributed by atoms with van der Waals surface area (Å²) in [4.78, 5) is 40.9. The van der Waals surface area contributed by atoms with Crippen molar-refractivity contribution in [2.45, 2.75) is 84.3 Å². The molecular weight excluding hydrogens is 398 g/mol. The molecule has 4 fully saturated rings. The van der Waals surface area contributed by atoms with Crippen molar-refractivity contribution in [1.82, 2.24) is 4.98 Å². The number of ether oxygens (including phenoxy) is 2. The van der Waals surface area contributed by atoms with E-state index in [1.54, 1.807) is 27.7 Å².